The Bertz CT molecular complexity index is 346. The molecule has 0 aromatic rings. The fourth-order valence-electron chi connectivity index (χ4n) is 3.29. The molecule has 0 aliphatic carbocycles. The van der Waals surface area contributed by atoms with Gasteiger partial charge in [0.15, 0.2) is 0 Å². The molecule has 0 bridgehead atoms. The van der Waals surface area contributed by atoms with Crippen LogP contribution < -0.4 is 0 Å². The fraction of sp³-hybridized carbons (Fsp3) is 0.800. The number of carbonyl (C=O) groups is 1. The van der Waals surface area contributed by atoms with Crippen LogP contribution in [0.2, 0.25) is 0 Å². The van der Waals surface area contributed by atoms with Crippen molar-refractivity contribution in [3.8, 4) is 0 Å². The van der Waals surface area contributed by atoms with Gasteiger partial charge in [-0.3, -0.25) is 0 Å². The van der Waals surface area contributed by atoms with Gasteiger partial charge in [0.2, 0.25) is 0 Å². The normalized spacial score (nSPS) is 11.1. The molecule has 158 valence electrons. The summed E-state index contributed by atoms with van der Waals surface area (Å²) >= 11 is 0. The maximum absolute atomic E-state index is 10.9. The summed E-state index contributed by atoms with van der Waals surface area (Å²) in [5.74, 6) is -0.312. The third-order valence-corrected chi connectivity index (χ3v) is 5.07. The highest BCUT2D eigenvalue weighted by molar-refractivity contribution is 5.81. The molecule has 0 unspecified atom stereocenters. The lowest BCUT2D eigenvalue weighted by atomic mass is 10.0. The molecule has 27 heavy (non-hydrogen) atoms. The van der Waals surface area contributed by atoms with Crippen molar-refractivity contribution in [1.82, 2.24) is 0 Å². The molecule has 0 fully saturated rings. The molecule has 0 aromatic heterocycles. The minimum Gasteiger partial charge on any atom is -0.463 e. The first-order chi connectivity index (χ1) is 13.3. The van der Waals surface area contributed by atoms with Gasteiger partial charge in [-0.25, -0.2) is 4.79 Å². The van der Waals surface area contributed by atoms with Crippen molar-refractivity contribution in [2.24, 2.45) is 0 Å². The molecule has 0 heterocycles. The topological polar surface area (TPSA) is 26.3 Å². The van der Waals surface area contributed by atoms with E-state index in [4.69, 9.17) is 4.74 Å². The average Bonchev–Trinajstić information content (AvgIpc) is 2.68. The van der Waals surface area contributed by atoms with Crippen LogP contribution in [-0.4, -0.2) is 12.6 Å². The molecule has 0 aliphatic heterocycles. The van der Waals surface area contributed by atoms with Gasteiger partial charge >= 0.3 is 5.97 Å². The summed E-state index contributed by atoms with van der Waals surface area (Å²) in [6, 6.07) is 0. The maximum atomic E-state index is 10.9. The van der Waals surface area contributed by atoms with Crippen LogP contribution in [-0.2, 0) is 9.53 Å². The van der Waals surface area contributed by atoms with Gasteiger partial charge in [0.1, 0.15) is 0 Å². The monoisotopic (exact) mass is 378 g/mol. The Kier molecular flexibility index (Phi) is 22.1. The van der Waals surface area contributed by atoms with Gasteiger partial charge in [-0.05, 0) is 38.5 Å². The number of esters is 1. The molecule has 2 heteroatoms. The highest BCUT2D eigenvalue weighted by atomic mass is 16.5. The molecule has 0 radical (unpaired) electrons. The molecule has 0 spiro atoms. The van der Waals surface area contributed by atoms with Crippen LogP contribution in [0.3, 0.4) is 0 Å². The lowest BCUT2D eigenvalue weighted by molar-refractivity contribution is -0.137. The number of allylic oxidation sites excluding steroid dienone is 2. The van der Waals surface area contributed by atoms with Crippen LogP contribution in [0, 0.1) is 0 Å². The SMILES string of the molecule is C=CC(=O)OCCCCC/C=C/CCCCCCCCCCCCCCC. The second-order valence-corrected chi connectivity index (χ2v) is 7.72. The standard InChI is InChI=1S/C25H46O2/c1-3-5-6-7-8-9-10-11-12-13-14-15-16-17-18-19-20-21-22-23-24-27-25(26)4-2/h4,18-19H,2-3,5-17,20-24H2,1H3/b19-18+. The van der Waals surface area contributed by atoms with Crippen LogP contribution >= 0.6 is 0 Å². The number of ether oxygens (including phenoxy) is 1. The van der Waals surface area contributed by atoms with Crippen molar-refractivity contribution in [2.45, 2.75) is 122 Å². The van der Waals surface area contributed by atoms with Crippen molar-refractivity contribution in [3.05, 3.63) is 24.8 Å². The summed E-state index contributed by atoms with van der Waals surface area (Å²) in [7, 11) is 0. The first kappa shape index (κ1) is 26.0. The summed E-state index contributed by atoms with van der Waals surface area (Å²) in [5, 5.41) is 0. The molecule has 0 aliphatic rings. The van der Waals surface area contributed by atoms with E-state index >= 15 is 0 Å². The Hall–Kier alpha value is -1.05. The number of carbonyl (C=O) groups excluding carboxylic acids is 1. The smallest absolute Gasteiger partial charge is 0.330 e. The van der Waals surface area contributed by atoms with Crippen molar-refractivity contribution < 1.29 is 9.53 Å². The van der Waals surface area contributed by atoms with E-state index in [2.05, 4.69) is 25.7 Å². The van der Waals surface area contributed by atoms with E-state index in [1.807, 2.05) is 0 Å². The Balaban J connectivity index is 3.10. The van der Waals surface area contributed by atoms with Crippen molar-refractivity contribution in [3.63, 3.8) is 0 Å². The number of hydrogen-bond acceptors (Lipinski definition) is 2. The van der Waals surface area contributed by atoms with Crippen molar-refractivity contribution in [2.75, 3.05) is 6.61 Å². The minimum atomic E-state index is -0.312. The van der Waals surface area contributed by atoms with Crippen molar-refractivity contribution >= 4 is 5.97 Å². The fourth-order valence-corrected chi connectivity index (χ4v) is 3.29. The number of hydrogen-bond donors (Lipinski definition) is 0. The Morgan fingerprint density at radius 2 is 1.07 bits per heavy atom. The molecule has 0 N–H and O–H groups in total. The first-order valence-electron chi connectivity index (χ1n) is 11.8. The van der Waals surface area contributed by atoms with Gasteiger partial charge < -0.3 is 4.74 Å². The summed E-state index contributed by atoms with van der Waals surface area (Å²) < 4.78 is 4.95. The van der Waals surface area contributed by atoms with E-state index in [1.54, 1.807) is 0 Å². The van der Waals surface area contributed by atoms with Crippen LogP contribution in [0.5, 0.6) is 0 Å². The van der Waals surface area contributed by atoms with Gasteiger partial charge in [0.25, 0.3) is 0 Å². The third-order valence-electron chi connectivity index (χ3n) is 5.07. The van der Waals surface area contributed by atoms with Crippen molar-refractivity contribution in [1.29, 1.82) is 0 Å². The van der Waals surface area contributed by atoms with E-state index in [0.29, 0.717) is 6.61 Å². The summed E-state index contributed by atoms with van der Waals surface area (Å²) in [4.78, 5) is 10.9. The Labute approximate surface area is 169 Å². The van der Waals surface area contributed by atoms with Crippen LogP contribution in [0.4, 0.5) is 0 Å². The lowest BCUT2D eigenvalue weighted by Gasteiger charge is -2.02. The minimum absolute atomic E-state index is 0.312. The second-order valence-electron chi connectivity index (χ2n) is 7.72. The van der Waals surface area contributed by atoms with Crippen LogP contribution in [0.25, 0.3) is 0 Å². The number of rotatable bonds is 21. The molecule has 0 saturated carbocycles. The molecule has 0 saturated heterocycles. The Morgan fingerprint density at radius 1 is 0.667 bits per heavy atom. The lowest BCUT2D eigenvalue weighted by Crippen LogP contribution is -2.01. The Morgan fingerprint density at radius 3 is 1.52 bits per heavy atom. The van der Waals surface area contributed by atoms with E-state index in [0.717, 1.165) is 19.3 Å². The molecule has 0 amide bonds. The zero-order valence-electron chi connectivity index (χ0n) is 18.2. The summed E-state index contributed by atoms with van der Waals surface area (Å²) in [5.41, 5.74) is 0. The van der Waals surface area contributed by atoms with Gasteiger partial charge in [0.05, 0.1) is 6.61 Å². The second kappa shape index (κ2) is 23.0. The zero-order chi connectivity index (χ0) is 19.8. The molecular weight excluding hydrogens is 332 g/mol. The average molecular weight is 379 g/mol. The quantitative estimate of drug-likeness (QED) is 0.0868. The van der Waals surface area contributed by atoms with E-state index < -0.39 is 0 Å². The molecule has 0 rings (SSSR count). The predicted octanol–water partition coefficient (Wildman–Crippen LogP) is 8.31. The largest absolute Gasteiger partial charge is 0.463 e. The highest BCUT2D eigenvalue weighted by Crippen LogP contribution is 2.13. The summed E-state index contributed by atoms with van der Waals surface area (Å²) in [6.45, 7) is 6.19. The zero-order valence-corrected chi connectivity index (χ0v) is 18.2. The third kappa shape index (κ3) is 22.9. The van der Waals surface area contributed by atoms with E-state index in [9.17, 15) is 4.79 Å². The van der Waals surface area contributed by atoms with Crippen LogP contribution in [0.15, 0.2) is 24.8 Å². The predicted molar refractivity (Wildman–Crippen MR) is 119 cm³/mol. The summed E-state index contributed by atoms with van der Waals surface area (Å²) in [6.07, 6.45) is 30.0. The van der Waals surface area contributed by atoms with Gasteiger partial charge in [-0.15, -0.1) is 0 Å². The van der Waals surface area contributed by atoms with Crippen LogP contribution in [0.1, 0.15) is 122 Å². The van der Waals surface area contributed by atoms with Gasteiger partial charge in [0, 0.05) is 6.08 Å². The first-order valence-corrected chi connectivity index (χ1v) is 11.8. The number of unbranched alkanes of at least 4 members (excludes halogenated alkanes) is 16. The molecule has 0 atom stereocenters. The molecule has 2 nitrogen and oxygen atoms in total. The maximum Gasteiger partial charge on any atom is 0.330 e. The van der Waals surface area contributed by atoms with Gasteiger partial charge in [-0.2, -0.15) is 0 Å². The molecule has 0 aromatic carbocycles. The van der Waals surface area contributed by atoms with E-state index in [-0.39, 0.29) is 5.97 Å². The van der Waals surface area contributed by atoms with E-state index in [1.165, 1.54) is 102 Å². The van der Waals surface area contributed by atoms with Gasteiger partial charge in [-0.1, -0.05) is 103 Å². The highest BCUT2D eigenvalue weighted by Gasteiger charge is 1.95. The molecular formula is C25H46O2.